The van der Waals surface area contributed by atoms with Crippen molar-refractivity contribution in [1.29, 1.82) is 0 Å². The third kappa shape index (κ3) is 32.8. The van der Waals surface area contributed by atoms with Gasteiger partial charge >= 0.3 is 8.80 Å². The molecule has 0 bridgehead atoms. The lowest BCUT2D eigenvalue weighted by atomic mass is 10.5. The second kappa shape index (κ2) is 39.4. The maximum absolute atomic E-state index is 6.37. The van der Waals surface area contributed by atoms with Crippen LogP contribution in [-0.4, -0.2) is 195 Å². The van der Waals surface area contributed by atoms with Gasteiger partial charge in [0.05, 0.1) is 145 Å². The molecule has 0 saturated heterocycles. The molecule has 0 aromatic heterocycles. The normalized spacial score (nSPS) is 12.7. The molecule has 0 radical (unpaired) electrons. The number of ether oxygens (including phenoxy) is 13. The van der Waals surface area contributed by atoms with Crippen LogP contribution < -0.4 is 0 Å². The van der Waals surface area contributed by atoms with Gasteiger partial charge in [0, 0.05) is 47.5 Å². The van der Waals surface area contributed by atoms with E-state index < -0.39 is 15.1 Å². The SMILES string of the molecule is CCOCCOCCOC(CC[Si](OCCOCCOCCOC)(OCCOCCOCCOC)OCCOCCOCCOC)OC. The zero-order valence-electron chi connectivity index (χ0n) is 30.3. The van der Waals surface area contributed by atoms with Crippen LogP contribution in [0.25, 0.3) is 0 Å². The van der Waals surface area contributed by atoms with Crippen molar-refractivity contribution in [3.05, 3.63) is 0 Å². The van der Waals surface area contributed by atoms with Crippen molar-refractivity contribution >= 4 is 8.80 Å². The standard InChI is InChI=1S/C31H66O16Si/c1-6-36-14-15-40-22-26-44-31(35-5)7-30-48(45-27-23-41-19-16-37-11-8-32-2,46-28-24-42-20-17-38-12-9-33-3)47-29-25-43-21-18-39-13-10-34-4/h31H,6-30H2,1-5H3. The zero-order valence-corrected chi connectivity index (χ0v) is 31.3. The Balaban J connectivity index is 5.12. The van der Waals surface area contributed by atoms with Gasteiger partial charge in [-0.2, -0.15) is 0 Å². The van der Waals surface area contributed by atoms with Gasteiger partial charge in [-0.15, -0.1) is 0 Å². The molecule has 0 spiro atoms. The first-order valence-corrected chi connectivity index (χ1v) is 18.8. The van der Waals surface area contributed by atoms with Crippen molar-refractivity contribution in [2.45, 2.75) is 25.7 Å². The van der Waals surface area contributed by atoms with Crippen LogP contribution in [0.2, 0.25) is 6.04 Å². The highest BCUT2D eigenvalue weighted by molar-refractivity contribution is 6.60. The van der Waals surface area contributed by atoms with E-state index in [1.165, 1.54) is 0 Å². The molecule has 48 heavy (non-hydrogen) atoms. The predicted octanol–water partition coefficient (Wildman–Crippen LogP) is 1.45. The Morgan fingerprint density at radius 3 is 1.02 bits per heavy atom. The zero-order chi connectivity index (χ0) is 35.1. The molecule has 290 valence electrons. The van der Waals surface area contributed by atoms with Gasteiger partial charge in [0.1, 0.15) is 0 Å². The Labute approximate surface area is 289 Å². The van der Waals surface area contributed by atoms with E-state index in [0.717, 1.165) is 0 Å². The van der Waals surface area contributed by atoms with Crippen molar-refractivity contribution in [3.63, 3.8) is 0 Å². The van der Waals surface area contributed by atoms with Crippen LogP contribution in [0.1, 0.15) is 13.3 Å². The van der Waals surface area contributed by atoms with Crippen molar-refractivity contribution in [1.82, 2.24) is 0 Å². The van der Waals surface area contributed by atoms with Crippen molar-refractivity contribution in [3.8, 4) is 0 Å². The fourth-order valence-corrected chi connectivity index (χ4v) is 6.12. The van der Waals surface area contributed by atoms with E-state index in [2.05, 4.69) is 0 Å². The summed E-state index contributed by atoms with van der Waals surface area (Å²) in [5, 5.41) is 0. The van der Waals surface area contributed by atoms with Crippen molar-refractivity contribution in [2.24, 2.45) is 0 Å². The van der Waals surface area contributed by atoms with E-state index in [0.29, 0.717) is 145 Å². The highest BCUT2D eigenvalue weighted by Crippen LogP contribution is 2.21. The lowest BCUT2D eigenvalue weighted by Gasteiger charge is -2.31. The summed E-state index contributed by atoms with van der Waals surface area (Å²) in [6.07, 6.45) is -0.0391. The Bertz CT molecular complexity index is 558. The van der Waals surface area contributed by atoms with Crippen LogP contribution in [0.3, 0.4) is 0 Å². The molecule has 0 aromatic rings. The predicted molar refractivity (Wildman–Crippen MR) is 178 cm³/mol. The van der Waals surface area contributed by atoms with Gasteiger partial charge < -0.3 is 74.9 Å². The Kier molecular flexibility index (Phi) is 39.0. The number of hydrogen-bond donors (Lipinski definition) is 0. The summed E-state index contributed by atoms with van der Waals surface area (Å²) in [5.41, 5.74) is 0. The first kappa shape index (κ1) is 47.6. The fraction of sp³-hybridized carbons (Fsp3) is 1.00. The number of hydrogen-bond acceptors (Lipinski definition) is 16. The third-order valence-electron chi connectivity index (χ3n) is 6.12. The van der Waals surface area contributed by atoms with Crippen LogP contribution in [0, 0.1) is 0 Å². The molecular formula is C31H66O16Si. The molecule has 0 saturated carbocycles. The average molecular weight is 723 g/mol. The van der Waals surface area contributed by atoms with Crippen molar-refractivity contribution in [2.75, 3.05) is 180 Å². The summed E-state index contributed by atoms with van der Waals surface area (Å²) in [4.78, 5) is 0. The van der Waals surface area contributed by atoms with E-state index >= 15 is 0 Å². The monoisotopic (exact) mass is 722 g/mol. The summed E-state index contributed by atoms with van der Waals surface area (Å²) in [5.74, 6) is 0. The molecule has 1 atom stereocenters. The lowest BCUT2D eigenvalue weighted by molar-refractivity contribution is -0.137. The summed E-state index contributed by atoms with van der Waals surface area (Å²) >= 11 is 0. The molecule has 1 unspecified atom stereocenters. The fourth-order valence-electron chi connectivity index (χ4n) is 3.67. The molecule has 0 N–H and O–H groups in total. The summed E-state index contributed by atoms with van der Waals surface area (Å²) in [7, 11) is 3.20. The molecule has 0 amide bonds. The summed E-state index contributed by atoms with van der Waals surface area (Å²) < 4.78 is 89.9. The van der Waals surface area contributed by atoms with Crippen LogP contribution in [0.15, 0.2) is 0 Å². The van der Waals surface area contributed by atoms with Gasteiger partial charge in [-0.05, 0) is 6.92 Å². The minimum Gasteiger partial charge on any atom is -0.382 e. The molecule has 0 rings (SSSR count). The van der Waals surface area contributed by atoms with Gasteiger partial charge in [0.15, 0.2) is 6.29 Å². The third-order valence-corrected chi connectivity index (χ3v) is 8.95. The average Bonchev–Trinajstić information content (AvgIpc) is 3.10. The highest BCUT2D eigenvalue weighted by Gasteiger charge is 2.42. The van der Waals surface area contributed by atoms with Crippen LogP contribution >= 0.6 is 0 Å². The summed E-state index contributed by atoms with van der Waals surface area (Å²) in [6.45, 7) is 12.0. The minimum absolute atomic E-state index is 0.263. The van der Waals surface area contributed by atoms with E-state index in [1.807, 2.05) is 6.92 Å². The first-order chi connectivity index (χ1) is 23.7. The summed E-state index contributed by atoms with van der Waals surface area (Å²) in [6, 6.07) is 0.428. The highest BCUT2D eigenvalue weighted by atomic mass is 28.4. The van der Waals surface area contributed by atoms with Crippen LogP contribution in [0.5, 0.6) is 0 Å². The Morgan fingerprint density at radius 2 is 0.688 bits per heavy atom. The molecule has 17 heteroatoms. The van der Waals surface area contributed by atoms with E-state index in [1.54, 1.807) is 28.4 Å². The molecule has 16 nitrogen and oxygen atoms in total. The lowest BCUT2D eigenvalue weighted by Crippen LogP contribution is -2.48. The first-order valence-electron chi connectivity index (χ1n) is 16.8. The quantitative estimate of drug-likeness (QED) is 0.0508. The maximum Gasteiger partial charge on any atom is 0.501 e. The van der Waals surface area contributed by atoms with Gasteiger partial charge in [-0.1, -0.05) is 0 Å². The van der Waals surface area contributed by atoms with E-state index in [4.69, 9.17) is 74.9 Å². The molecule has 0 heterocycles. The Hall–Kier alpha value is -0.423. The Morgan fingerprint density at radius 1 is 0.375 bits per heavy atom. The van der Waals surface area contributed by atoms with Gasteiger partial charge in [0.2, 0.25) is 0 Å². The topological polar surface area (TPSA) is 148 Å². The maximum atomic E-state index is 6.37. The van der Waals surface area contributed by atoms with E-state index in [9.17, 15) is 0 Å². The number of rotatable bonds is 42. The van der Waals surface area contributed by atoms with E-state index in [-0.39, 0.29) is 19.8 Å². The molecule has 0 fully saturated rings. The largest absolute Gasteiger partial charge is 0.501 e. The second-order valence-electron chi connectivity index (χ2n) is 9.77. The van der Waals surface area contributed by atoms with Gasteiger partial charge in [0.25, 0.3) is 0 Å². The molecular weight excluding hydrogens is 656 g/mol. The molecule has 0 aromatic carbocycles. The van der Waals surface area contributed by atoms with Crippen LogP contribution in [0.4, 0.5) is 0 Å². The van der Waals surface area contributed by atoms with Crippen LogP contribution in [-0.2, 0) is 74.9 Å². The molecule has 0 aliphatic heterocycles. The van der Waals surface area contributed by atoms with Crippen molar-refractivity contribution < 1.29 is 74.9 Å². The number of methoxy groups -OCH3 is 4. The smallest absolute Gasteiger partial charge is 0.382 e. The second-order valence-corrected chi connectivity index (χ2v) is 12.5. The molecule has 0 aliphatic rings. The molecule has 0 aliphatic carbocycles. The van der Waals surface area contributed by atoms with Gasteiger partial charge in [-0.25, -0.2) is 0 Å². The van der Waals surface area contributed by atoms with Gasteiger partial charge in [-0.3, -0.25) is 0 Å². The minimum atomic E-state index is -3.29.